The molecule has 4 heteroatoms. The number of nitrogens with two attached hydrogens (primary N) is 1. The molecule has 0 fully saturated rings. The zero-order valence-corrected chi connectivity index (χ0v) is 8.97. The molecule has 2 heterocycles. The lowest BCUT2D eigenvalue weighted by molar-refractivity contribution is 0.630. The fraction of sp³-hybridized carbons (Fsp3) is 0. The number of imidazole rings is 1. The Bertz CT molecular complexity index is 688. The molecule has 0 radical (unpaired) electrons. The Morgan fingerprint density at radius 1 is 1.18 bits per heavy atom. The topological polar surface area (TPSA) is 43.3 Å². The minimum absolute atomic E-state index is 0.281. The van der Waals surface area contributed by atoms with Gasteiger partial charge < -0.3 is 5.73 Å². The van der Waals surface area contributed by atoms with Crippen LogP contribution in [0.1, 0.15) is 0 Å². The molecule has 0 saturated carbocycles. The van der Waals surface area contributed by atoms with Crippen LogP contribution in [0.2, 0.25) is 0 Å². The predicted molar refractivity (Wildman–Crippen MR) is 65.0 cm³/mol. The van der Waals surface area contributed by atoms with Crippen molar-refractivity contribution in [3.05, 3.63) is 54.6 Å². The Kier molecular flexibility index (Phi) is 2.08. The highest BCUT2D eigenvalue weighted by molar-refractivity contribution is 5.65. The molecular weight excluding hydrogens is 217 g/mol. The summed E-state index contributed by atoms with van der Waals surface area (Å²) in [6, 6.07) is 10.1. The second-order valence-corrected chi connectivity index (χ2v) is 3.82. The first kappa shape index (κ1) is 9.84. The molecule has 2 aromatic heterocycles. The number of aromatic nitrogens is 2. The Morgan fingerprint density at radius 3 is 2.82 bits per heavy atom. The standard InChI is InChI=1S/C13H10FN3/c14-12-4-2-1-3-11(12)13-16-8-10-7-9(15)5-6-17(10)13/h1-8H,15H2. The molecule has 0 bridgehead atoms. The monoisotopic (exact) mass is 227 g/mol. The zero-order chi connectivity index (χ0) is 11.8. The van der Waals surface area contributed by atoms with Crippen LogP contribution < -0.4 is 5.73 Å². The predicted octanol–water partition coefficient (Wildman–Crippen LogP) is 2.72. The highest BCUT2D eigenvalue weighted by atomic mass is 19.1. The Morgan fingerprint density at radius 2 is 2.00 bits per heavy atom. The van der Waals surface area contributed by atoms with Gasteiger partial charge in [-0.3, -0.25) is 4.40 Å². The van der Waals surface area contributed by atoms with Gasteiger partial charge in [0, 0.05) is 11.9 Å². The lowest BCUT2D eigenvalue weighted by Crippen LogP contribution is -1.93. The summed E-state index contributed by atoms with van der Waals surface area (Å²) in [7, 11) is 0. The van der Waals surface area contributed by atoms with Gasteiger partial charge in [-0.25, -0.2) is 9.37 Å². The van der Waals surface area contributed by atoms with Gasteiger partial charge in [0.05, 0.1) is 17.3 Å². The van der Waals surface area contributed by atoms with Crippen molar-refractivity contribution in [1.82, 2.24) is 9.38 Å². The van der Waals surface area contributed by atoms with E-state index in [-0.39, 0.29) is 5.82 Å². The molecule has 0 amide bonds. The number of fused-ring (bicyclic) bond motifs is 1. The Balaban J connectivity index is 2.29. The van der Waals surface area contributed by atoms with Crippen molar-refractivity contribution < 1.29 is 4.39 Å². The quantitative estimate of drug-likeness (QED) is 0.694. The number of pyridine rings is 1. The van der Waals surface area contributed by atoms with Crippen LogP contribution in [0.4, 0.5) is 10.1 Å². The summed E-state index contributed by atoms with van der Waals surface area (Å²) in [5.74, 6) is 0.301. The van der Waals surface area contributed by atoms with Gasteiger partial charge in [0.1, 0.15) is 11.6 Å². The van der Waals surface area contributed by atoms with Crippen molar-refractivity contribution in [1.29, 1.82) is 0 Å². The second kappa shape index (κ2) is 3.59. The van der Waals surface area contributed by atoms with Gasteiger partial charge in [-0.05, 0) is 24.3 Å². The Hall–Kier alpha value is -2.36. The first-order valence-electron chi connectivity index (χ1n) is 5.23. The molecule has 0 aliphatic rings. The van der Waals surface area contributed by atoms with Crippen LogP contribution in [0.3, 0.4) is 0 Å². The molecule has 0 aliphatic heterocycles. The zero-order valence-electron chi connectivity index (χ0n) is 8.97. The smallest absolute Gasteiger partial charge is 0.147 e. The summed E-state index contributed by atoms with van der Waals surface area (Å²) in [5.41, 5.74) is 7.68. The molecule has 0 spiro atoms. The van der Waals surface area contributed by atoms with E-state index >= 15 is 0 Å². The van der Waals surface area contributed by atoms with E-state index < -0.39 is 0 Å². The fourth-order valence-corrected chi connectivity index (χ4v) is 1.86. The third-order valence-electron chi connectivity index (χ3n) is 2.67. The summed E-state index contributed by atoms with van der Waals surface area (Å²) in [5, 5.41) is 0. The molecule has 3 rings (SSSR count). The number of benzene rings is 1. The van der Waals surface area contributed by atoms with Crippen LogP contribution in [0.15, 0.2) is 48.8 Å². The molecule has 0 aliphatic carbocycles. The van der Waals surface area contributed by atoms with Crippen LogP contribution in [0.5, 0.6) is 0 Å². The summed E-state index contributed by atoms with van der Waals surface area (Å²) in [6.07, 6.45) is 3.47. The number of halogens is 1. The highest BCUT2D eigenvalue weighted by Gasteiger charge is 2.10. The van der Waals surface area contributed by atoms with Gasteiger partial charge in [0.25, 0.3) is 0 Å². The third-order valence-corrected chi connectivity index (χ3v) is 2.67. The van der Waals surface area contributed by atoms with Crippen molar-refractivity contribution >= 4 is 11.2 Å². The normalized spacial score (nSPS) is 10.9. The summed E-state index contributed by atoms with van der Waals surface area (Å²) in [6.45, 7) is 0. The summed E-state index contributed by atoms with van der Waals surface area (Å²) >= 11 is 0. The number of rotatable bonds is 1. The van der Waals surface area contributed by atoms with Crippen LogP contribution in [0, 0.1) is 5.82 Å². The van der Waals surface area contributed by atoms with Crippen LogP contribution in [0.25, 0.3) is 16.9 Å². The molecule has 3 aromatic rings. The molecule has 17 heavy (non-hydrogen) atoms. The second-order valence-electron chi connectivity index (χ2n) is 3.82. The third kappa shape index (κ3) is 1.54. The van der Waals surface area contributed by atoms with Crippen molar-refractivity contribution in [3.8, 4) is 11.4 Å². The first-order valence-corrected chi connectivity index (χ1v) is 5.23. The van der Waals surface area contributed by atoms with E-state index in [0.29, 0.717) is 17.1 Å². The van der Waals surface area contributed by atoms with E-state index in [4.69, 9.17) is 5.73 Å². The van der Waals surface area contributed by atoms with Crippen LogP contribution in [-0.2, 0) is 0 Å². The number of hydrogen-bond acceptors (Lipinski definition) is 2. The van der Waals surface area contributed by atoms with Gasteiger partial charge in [-0.1, -0.05) is 12.1 Å². The van der Waals surface area contributed by atoms with Gasteiger partial charge in [-0.15, -0.1) is 0 Å². The van der Waals surface area contributed by atoms with Gasteiger partial charge in [0.15, 0.2) is 0 Å². The summed E-state index contributed by atoms with van der Waals surface area (Å²) < 4.78 is 15.5. The number of nitrogen functional groups attached to an aromatic ring is 1. The van der Waals surface area contributed by atoms with Crippen LogP contribution >= 0.6 is 0 Å². The van der Waals surface area contributed by atoms with Crippen molar-refractivity contribution in [3.63, 3.8) is 0 Å². The number of hydrogen-bond donors (Lipinski definition) is 1. The molecule has 2 N–H and O–H groups in total. The molecule has 0 atom stereocenters. The minimum Gasteiger partial charge on any atom is -0.399 e. The molecule has 0 saturated heterocycles. The van der Waals surface area contributed by atoms with E-state index in [1.807, 2.05) is 4.40 Å². The number of nitrogens with zero attached hydrogens (tertiary/aromatic N) is 2. The highest BCUT2D eigenvalue weighted by Crippen LogP contribution is 2.23. The van der Waals surface area contributed by atoms with E-state index in [1.165, 1.54) is 6.07 Å². The molecule has 84 valence electrons. The average molecular weight is 227 g/mol. The fourth-order valence-electron chi connectivity index (χ4n) is 1.86. The van der Waals surface area contributed by atoms with Crippen LogP contribution in [-0.4, -0.2) is 9.38 Å². The largest absolute Gasteiger partial charge is 0.399 e. The van der Waals surface area contributed by atoms with Crippen molar-refractivity contribution in [2.24, 2.45) is 0 Å². The maximum Gasteiger partial charge on any atom is 0.147 e. The maximum atomic E-state index is 13.7. The van der Waals surface area contributed by atoms with E-state index in [0.717, 1.165) is 5.52 Å². The lowest BCUT2D eigenvalue weighted by Gasteiger charge is -2.03. The number of anilines is 1. The molecule has 1 aromatic carbocycles. The van der Waals surface area contributed by atoms with E-state index in [9.17, 15) is 4.39 Å². The van der Waals surface area contributed by atoms with Gasteiger partial charge in [-0.2, -0.15) is 0 Å². The van der Waals surface area contributed by atoms with Gasteiger partial charge in [0.2, 0.25) is 0 Å². The average Bonchev–Trinajstić information content (AvgIpc) is 2.72. The summed E-state index contributed by atoms with van der Waals surface area (Å²) in [4.78, 5) is 4.23. The lowest BCUT2D eigenvalue weighted by atomic mass is 10.2. The molecular formula is C13H10FN3. The maximum absolute atomic E-state index is 13.7. The SMILES string of the molecule is Nc1ccn2c(-c3ccccc3F)ncc2c1. The van der Waals surface area contributed by atoms with E-state index in [1.54, 1.807) is 42.7 Å². The van der Waals surface area contributed by atoms with Gasteiger partial charge >= 0.3 is 0 Å². The molecule has 0 unspecified atom stereocenters. The first-order chi connectivity index (χ1) is 8.25. The minimum atomic E-state index is -0.281. The van der Waals surface area contributed by atoms with Crippen molar-refractivity contribution in [2.45, 2.75) is 0 Å². The van der Waals surface area contributed by atoms with Crippen molar-refractivity contribution in [2.75, 3.05) is 5.73 Å². The van der Waals surface area contributed by atoms with E-state index in [2.05, 4.69) is 4.98 Å². The molecule has 3 nitrogen and oxygen atoms in total. The Labute approximate surface area is 97.3 Å².